The van der Waals surface area contributed by atoms with Gasteiger partial charge in [0.1, 0.15) is 4.88 Å². The molecule has 94 valence electrons. The summed E-state index contributed by atoms with van der Waals surface area (Å²) in [4.78, 5) is 18.6. The highest BCUT2D eigenvalue weighted by Crippen LogP contribution is 2.28. The summed E-state index contributed by atoms with van der Waals surface area (Å²) in [6, 6.07) is 0. The summed E-state index contributed by atoms with van der Waals surface area (Å²) in [6.07, 6.45) is 0. The molecule has 0 atom stereocenters. The van der Waals surface area contributed by atoms with Gasteiger partial charge in [-0.3, -0.25) is 4.79 Å². The fraction of sp³-hybridized carbons (Fsp3) is 0.500. The summed E-state index contributed by atoms with van der Waals surface area (Å²) in [5, 5.41) is 7.59. The normalized spacial score (nSPS) is 15.8. The smallest absolute Gasteiger partial charge is 0.267 e. The molecule has 1 aliphatic heterocycles. The molecular formula is C10H11N5O2S. The Morgan fingerprint density at radius 1 is 1.44 bits per heavy atom. The summed E-state index contributed by atoms with van der Waals surface area (Å²) in [5.41, 5.74) is 0.682. The van der Waals surface area contributed by atoms with Crippen molar-refractivity contribution < 1.29 is 9.32 Å². The fourth-order valence-electron chi connectivity index (χ4n) is 1.85. The third-order valence-corrected chi connectivity index (χ3v) is 3.72. The van der Waals surface area contributed by atoms with Crippen LogP contribution in [0.25, 0.3) is 0 Å². The Morgan fingerprint density at radius 2 is 2.22 bits per heavy atom. The summed E-state index contributed by atoms with van der Waals surface area (Å²) in [6.45, 7) is 4.78. The average Bonchev–Trinajstić information content (AvgIpc) is 2.85. The molecule has 0 bridgehead atoms. The van der Waals surface area contributed by atoms with Crippen molar-refractivity contribution in [2.45, 2.75) is 19.8 Å². The molecule has 1 amide bonds. The largest absolute Gasteiger partial charge is 0.339 e. The van der Waals surface area contributed by atoms with E-state index in [0.29, 0.717) is 35.4 Å². The molecule has 0 spiro atoms. The molecule has 2 aromatic rings. The van der Waals surface area contributed by atoms with E-state index in [-0.39, 0.29) is 11.8 Å². The first-order chi connectivity index (χ1) is 8.65. The van der Waals surface area contributed by atoms with E-state index in [4.69, 9.17) is 4.52 Å². The van der Waals surface area contributed by atoms with Gasteiger partial charge in [0, 0.05) is 13.1 Å². The number of hydrogen-bond donors (Lipinski definition) is 0. The minimum absolute atomic E-state index is 0.0185. The van der Waals surface area contributed by atoms with E-state index in [2.05, 4.69) is 19.7 Å². The Morgan fingerprint density at radius 3 is 2.78 bits per heavy atom. The first kappa shape index (κ1) is 11.3. The zero-order valence-corrected chi connectivity index (χ0v) is 10.8. The van der Waals surface area contributed by atoms with Crippen LogP contribution in [0.3, 0.4) is 0 Å². The van der Waals surface area contributed by atoms with Gasteiger partial charge in [0.15, 0.2) is 5.82 Å². The highest BCUT2D eigenvalue weighted by Gasteiger charge is 2.36. The molecule has 1 fully saturated rings. The van der Waals surface area contributed by atoms with Crippen LogP contribution in [0.2, 0.25) is 0 Å². The molecule has 2 aromatic heterocycles. The number of carbonyl (C=O) groups excluding carboxylic acids is 1. The molecule has 0 saturated carbocycles. The topological polar surface area (TPSA) is 85.0 Å². The Hall–Kier alpha value is -1.83. The Bertz CT molecular complexity index is 587. The van der Waals surface area contributed by atoms with Crippen molar-refractivity contribution in [3.8, 4) is 0 Å². The zero-order valence-electron chi connectivity index (χ0n) is 9.95. The quantitative estimate of drug-likeness (QED) is 0.797. The van der Waals surface area contributed by atoms with Crippen LogP contribution in [0.15, 0.2) is 4.52 Å². The van der Waals surface area contributed by atoms with Gasteiger partial charge in [0.05, 0.1) is 11.6 Å². The number of hydrogen-bond acceptors (Lipinski definition) is 7. The van der Waals surface area contributed by atoms with Crippen LogP contribution < -0.4 is 0 Å². The fourth-order valence-corrected chi connectivity index (χ4v) is 2.48. The van der Waals surface area contributed by atoms with Gasteiger partial charge in [-0.05, 0) is 25.4 Å². The molecule has 18 heavy (non-hydrogen) atoms. The SMILES string of the molecule is Cc1noc(C2CN(C(=O)c3snnc3C)C2)n1. The maximum atomic E-state index is 12.1. The van der Waals surface area contributed by atoms with Gasteiger partial charge in [0.25, 0.3) is 5.91 Å². The summed E-state index contributed by atoms with van der Waals surface area (Å²) in [7, 11) is 0. The number of likely N-dealkylation sites (tertiary alicyclic amines) is 1. The molecule has 0 N–H and O–H groups in total. The lowest BCUT2D eigenvalue weighted by Crippen LogP contribution is -2.48. The van der Waals surface area contributed by atoms with Gasteiger partial charge in [-0.15, -0.1) is 5.10 Å². The molecule has 3 heterocycles. The first-order valence-electron chi connectivity index (χ1n) is 5.53. The minimum atomic E-state index is -0.0185. The van der Waals surface area contributed by atoms with E-state index in [9.17, 15) is 4.79 Å². The second-order valence-electron chi connectivity index (χ2n) is 4.27. The van der Waals surface area contributed by atoms with E-state index in [1.807, 2.05) is 0 Å². The lowest BCUT2D eigenvalue weighted by atomic mass is 10.00. The number of rotatable bonds is 2. The van der Waals surface area contributed by atoms with Crippen LogP contribution in [0.4, 0.5) is 0 Å². The van der Waals surface area contributed by atoms with E-state index in [0.717, 1.165) is 11.5 Å². The van der Waals surface area contributed by atoms with E-state index in [1.165, 1.54) is 0 Å². The molecule has 1 saturated heterocycles. The van der Waals surface area contributed by atoms with Crippen LogP contribution in [-0.2, 0) is 0 Å². The molecule has 0 radical (unpaired) electrons. The van der Waals surface area contributed by atoms with E-state index >= 15 is 0 Å². The summed E-state index contributed by atoms with van der Waals surface area (Å²) in [5.74, 6) is 1.36. The van der Waals surface area contributed by atoms with E-state index in [1.54, 1.807) is 18.7 Å². The van der Waals surface area contributed by atoms with Crippen molar-refractivity contribution in [1.29, 1.82) is 0 Å². The maximum absolute atomic E-state index is 12.1. The molecule has 0 aliphatic carbocycles. The Kier molecular flexibility index (Phi) is 2.58. The number of aryl methyl sites for hydroxylation is 2. The highest BCUT2D eigenvalue weighted by atomic mass is 32.1. The highest BCUT2D eigenvalue weighted by molar-refractivity contribution is 7.07. The molecule has 7 nitrogen and oxygen atoms in total. The molecule has 8 heteroatoms. The molecule has 3 rings (SSSR count). The van der Waals surface area contributed by atoms with Gasteiger partial charge in [-0.25, -0.2) is 0 Å². The second kappa shape index (κ2) is 4.13. The van der Waals surface area contributed by atoms with Crippen LogP contribution >= 0.6 is 11.5 Å². The van der Waals surface area contributed by atoms with Crippen LogP contribution in [0, 0.1) is 13.8 Å². The molecule has 0 aromatic carbocycles. The van der Waals surface area contributed by atoms with Crippen LogP contribution in [0.1, 0.15) is 33.0 Å². The number of carbonyl (C=O) groups is 1. The van der Waals surface area contributed by atoms with Gasteiger partial charge in [-0.2, -0.15) is 4.98 Å². The lowest BCUT2D eigenvalue weighted by Gasteiger charge is -2.36. The van der Waals surface area contributed by atoms with Crippen molar-refractivity contribution in [1.82, 2.24) is 24.6 Å². The standard InChI is InChI=1S/C10H11N5O2S/c1-5-8(18-14-12-5)10(16)15-3-7(4-15)9-11-6(2)13-17-9/h7H,3-4H2,1-2H3. The lowest BCUT2D eigenvalue weighted by molar-refractivity contribution is 0.0573. The number of aromatic nitrogens is 4. The minimum Gasteiger partial charge on any atom is -0.339 e. The van der Waals surface area contributed by atoms with Gasteiger partial charge in [0.2, 0.25) is 5.89 Å². The molecular weight excluding hydrogens is 254 g/mol. The van der Waals surface area contributed by atoms with Crippen molar-refractivity contribution in [3.05, 3.63) is 22.3 Å². The van der Waals surface area contributed by atoms with Crippen molar-refractivity contribution >= 4 is 17.4 Å². The summed E-state index contributed by atoms with van der Waals surface area (Å²) >= 11 is 1.13. The first-order valence-corrected chi connectivity index (χ1v) is 6.31. The summed E-state index contributed by atoms with van der Waals surface area (Å²) < 4.78 is 8.86. The average molecular weight is 265 g/mol. The van der Waals surface area contributed by atoms with Gasteiger partial charge < -0.3 is 9.42 Å². The van der Waals surface area contributed by atoms with Crippen LogP contribution in [0.5, 0.6) is 0 Å². The Balaban J connectivity index is 1.66. The van der Waals surface area contributed by atoms with Crippen LogP contribution in [-0.4, -0.2) is 43.6 Å². The molecule has 0 unspecified atom stereocenters. The maximum Gasteiger partial charge on any atom is 0.267 e. The predicted molar refractivity (Wildman–Crippen MR) is 62.3 cm³/mol. The number of nitrogens with zero attached hydrogens (tertiary/aromatic N) is 5. The predicted octanol–water partition coefficient (Wildman–Crippen LogP) is 0.778. The second-order valence-corrected chi connectivity index (χ2v) is 5.03. The molecule has 1 aliphatic rings. The zero-order chi connectivity index (χ0) is 12.7. The monoisotopic (exact) mass is 265 g/mol. The third kappa shape index (κ3) is 1.78. The Labute approximate surface area is 107 Å². The van der Waals surface area contributed by atoms with E-state index < -0.39 is 0 Å². The van der Waals surface area contributed by atoms with Gasteiger partial charge >= 0.3 is 0 Å². The third-order valence-electron chi connectivity index (χ3n) is 2.91. The van der Waals surface area contributed by atoms with Gasteiger partial charge in [-0.1, -0.05) is 9.64 Å². The van der Waals surface area contributed by atoms with Crippen molar-refractivity contribution in [2.75, 3.05) is 13.1 Å². The van der Waals surface area contributed by atoms with Crippen molar-refractivity contribution in [2.24, 2.45) is 0 Å². The van der Waals surface area contributed by atoms with Crippen molar-refractivity contribution in [3.63, 3.8) is 0 Å². The number of amides is 1.